The normalized spacial score (nSPS) is 10.8. The van der Waals surface area contributed by atoms with E-state index < -0.39 is 31.3 Å². The van der Waals surface area contributed by atoms with Crippen LogP contribution in [0.25, 0.3) is 22.3 Å². The van der Waals surface area contributed by atoms with Crippen molar-refractivity contribution >= 4 is 20.2 Å². The van der Waals surface area contributed by atoms with Gasteiger partial charge in [-0.3, -0.25) is 0 Å². The second kappa shape index (κ2) is 43.9. The Labute approximate surface area is 616 Å². The summed E-state index contributed by atoms with van der Waals surface area (Å²) in [5.41, 5.74) is -2.39. The van der Waals surface area contributed by atoms with Crippen molar-refractivity contribution in [3.8, 4) is 34.4 Å². The molecule has 0 radical (unpaired) electrons. The van der Waals surface area contributed by atoms with E-state index >= 15 is 0 Å². The molecule has 0 saturated heterocycles. The average molecular weight is 1640 g/mol. The van der Waals surface area contributed by atoms with Crippen LogP contribution in [-0.4, -0.2) is 142 Å². The van der Waals surface area contributed by atoms with Gasteiger partial charge in [-0.25, -0.2) is 54.3 Å². The van der Waals surface area contributed by atoms with Crippen LogP contribution < -0.4 is 0 Å². The molecule has 8 aromatic heterocycles. The average Bonchev–Trinajstić information content (AvgIpc) is 1.47. The topological polar surface area (TPSA) is 323 Å². The first-order valence-corrected chi connectivity index (χ1v) is 32.9. The first-order valence-electron chi connectivity index (χ1n) is 30.0. The standard InChI is InChI=1S/2C26H22N8.2C4H10O.2C2H3N.2CHF3O3S.2Ag/c2*1-6-23(20-24(7-1)26(33-18-4-14-29-33)34-19-5-15-30-34)21-8-10-22(11-9-21)25(31-16-2-12-27-31)32-17-3-13-28-32;2*1-3-5-4-2;2*1-2-3;2*2-1(3,4)8(5,6)7;;/h2*1-20,25-26H;2*3-4H2,1-2H3;2*1H3;2*(H,5,6,7);;/q;;;;;;;;2*+1/p-2. The molecular weight excluding hydrogens is 1570 g/mol. The summed E-state index contributed by atoms with van der Waals surface area (Å²) in [6.45, 7) is 14.2. The maximum Gasteiger partial charge on any atom is 1.00 e. The number of rotatable bonds is 18. The number of ether oxygens (including phenoxy) is 2. The molecule has 8 heterocycles. The number of alkyl halides is 6. The van der Waals surface area contributed by atoms with Crippen molar-refractivity contribution in [3.63, 3.8) is 0 Å². The monoisotopic (exact) mass is 1630 g/mol. The molecule has 12 aromatic rings. The molecule has 0 bridgehead atoms. The molecule has 0 spiro atoms. The maximum absolute atomic E-state index is 10.7. The van der Waals surface area contributed by atoms with Crippen LogP contribution in [0.1, 0.15) is 88.5 Å². The quantitative estimate of drug-likeness (QED) is 0.0333. The minimum Gasteiger partial charge on any atom is -0.741 e. The van der Waals surface area contributed by atoms with Gasteiger partial charge in [-0.05, 0) is 133 Å². The van der Waals surface area contributed by atoms with E-state index in [0.29, 0.717) is 0 Å². The molecule has 0 amide bonds. The minimum absolute atomic E-state index is 0. The minimum atomic E-state index is -6.09. The molecule has 0 atom stereocenters. The Balaban J connectivity index is 0.000000369. The molecule has 548 valence electrons. The van der Waals surface area contributed by atoms with Crippen molar-refractivity contribution < 1.29 is 107 Å². The Morgan fingerprint density at radius 2 is 0.549 bits per heavy atom. The van der Waals surface area contributed by atoms with Gasteiger partial charge in [0.05, 0.1) is 12.1 Å². The number of hydrogen-bond donors (Lipinski definition) is 0. The second-order valence-corrected chi connectivity index (χ2v) is 22.4. The molecular formula is C66H70Ag2F6N18O8S2. The van der Waals surface area contributed by atoms with Gasteiger partial charge in [-0.2, -0.15) is 77.7 Å². The second-order valence-electron chi connectivity index (χ2n) is 19.7. The van der Waals surface area contributed by atoms with Crippen molar-refractivity contribution in [1.82, 2.24) is 78.2 Å². The largest absolute Gasteiger partial charge is 1.00 e. The fourth-order valence-electron chi connectivity index (χ4n) is 8.97. The van der Waals surface area contributed by atoms with Crippen LogP contribution in [0.4, 0.5) is 26.3 Å². The summed E-state index contributed by atoms with van der Waals surface area (Å²) in [6.07, 6.45) is 29.3. The summed E-state index contributed by atoms with van der Waals surface area (Å²) in [5, 5.41) is 50.3. The van der Waals surface area contributed by atoms with E-state index in [-0.39, 0.29) is 69.4 Å². The molecule has 102 heavy (non-hydrogen) atoms. The third-order valence-electron chi connectivity index (χ3n) is 13.0. The van der Waals surface area contributed by atoms with Crippen LogP contribution in [0.15, 0.2) is 245 Å². The molecule has 0 unspecified atom stereocenters. The molecule has 0 fully saturated rings. The third-order valence-corrected chi connectivity index (χ3v) is 14.2. The Bertz CT molecular complexity index is 4040. The van der Waals surface area contributed by atoms with E-state index in [1.165, 1.54) is 13.8 Å². The molecule has 4 aromatic carbocycles. The van der Waals surface area contributed by atoms with E-state index in [2.05, 4.69) is 138 Å². The van der Waals surface area contributed by atoms with Crippen molar-refractivity contribution in [2.24, 2.45) is 0 Å². The van der Waals surface area contributed by atoms with Crippen molar-refractivity contribution in [2.75, 3.05) is 26.4 Å². The van der Waals surface area contributed by atoms with Gasteiger partial charge >= 0.3 is 55.8 Å². The van der Waals surface area contributed by atoms with Crippen LogP contribution in [0.2, 0.25) is 0 Å². The van der Waals surface area contributed by atoms with Crippen molar-refractivity contribution in [1.29, 1.82) is 10.5 Å². The van der Waals surface area contributed by atoms with Gasteiger partial charge in [0.25, 0.3) is 0 Å². The van der Waals surface area contributed by atoms with Crippen LogP contribution in [0, 0.1) is 22.7 Å². The van der Waals surface area contributed by atoms with E-state index in [0.717, 1.165) is 70.9 Å². The van der Waals surface area contributed by atoms with Gasteiger partial charge in [0, 0.05) is 139 Å². The zero-order valence-electron chi connectivity index (χ0n) is 55.2. The van der Waals surface area contributed by atoms with E-state index in [4.69, 9.17) is 45.9 Å². The van der Waals surface area contributed by atoms with E-state index in [1.807, 2.05) is 163 Å². The van der Waals surface area contributed by atoms with Gasteiger partial charge in [0.15, 0.2) is 44.9 Å². The number of hydrogen-bond acceptors (Lipinski definition) is 18. The van der Waals surface area contributed by atoms with Gasteiger partial charge < -0.3 is 18.6 Å². The van der Waals surface area contributed by atoms with Crippen LogP contribution in [-0.2, 0) is 74.5 Å². The van der Waals surface area contributed by atoms with Gasteiger partial charge in [0.2, 0.25) is 0 Å². The maximum atomic E-state index is 10.7. The summed E-state index contributed by atoms with van der Waals surface area (Å²) >= 11 is 0. The first-order chi connectivity index (χ1) is 47.9. The van der Waals surface area contributed by atoms with Crippen molar-refractivity contribution in [2.45, 2.75) is 77.2 Å². The number of nitrogens with zero attached hydrogens (tertiary/aromatic N) is 18. The molecule has 12 rings (SSSR count). The summed E-state index contributed by atoms with van der Waals surface area (Å²) in [5.74, 6) is 0. The van der Waals surface area contributed by atoms with Gasteiger partial charge in [-0.15, -0.1) is 0 Å². The Kier molecular flexibility index (Phi) is 37.2. The predicted molar refractivity (Wildman–Crippen MR) is 354 cm³/mol. The Hall–Kier alpha value is -9.66. The predicted octanol–water partition coefficient (Wildman–Crippen LogP) is 11.9. The van der Waals surface area contributed by atoms with E-state index in [1.54, 1.807) is 61.7 Å². The summed E-state index contributed by atoms with van der Waals surface area (Å²) in [4.78, 5) is 0. The number of nitriles is 2. The molecule has 0 N–H and O–H groups in total. The van der Waals surface area contributed by atoms with E-state index in [9.17, 15) is 26.3 Å². The molecule has 36 heteroatoms. The van der Waals surface area contributed by atoms with Crippen LogP contribution in [0.5, 0.6) is 0 Å². The zero-order chi connectivity index (χ0) is 73.1. The van der Waals surface area contributed by atoms with Crippen molar-refractivity contribution in [3.05, 3.63) is 267 Å². The van der Waals surface area contributed by atoms with Crippen LogP contribution in [0.3, 0.4) is 0 Å². The van der Waals surface area contributed by atoms with Gasteiger partial charge in [-0.1, -0.05) is 84.9 Å². The summed E-state index contributed by atoms with van der Waals surface area (Å²) in [6, 6.07) is 53.0. The molecule has 0 saturated carbocycles. The van der Waals surface area contributed by atoms with Gasteiger partial charge in [0.1, 0.15) is 0 Å². The zero-order valence-corrected chi connectivity index (χ0v) is 59.8. The fraction of sp³-hybridized carbons (Fsp3) is 0.242. The smallest absolute Gasteiger partial charge is 0.741 e. The molecule has 0 aliphatic heterocycles. The van der Waals surface area contributed by atoms with Crippen LogP contribution >= 0.6 is 0 Å². The summed E-state index contributed by atoms with van der Waals surface area (Å²) in [7, 11) is -12.2. The Morgan fingerprint density at radius 1 is 0.363 bits per heavy atom. The molecule has 0 aliphatic rings. The number of benzene rings is 4. The fourth-order valence-corrected chi connectivity index (χ4v) is 8.97. The molecule has 26 nitrogen and oxygen atoms in total. The Morgan fingerprint density at radius 3 is 0.696 bits per heavy atom. The SMILES string of the molecule is CC#N.CC#N.CCOCC.CCOCC.O=S(=O)([O-])C(F)(F)F.O=S(=O)([O-])C(F)(F)F.[Ag+].[Ag+].c1cc(-c2ccc(C(n3cccn3)n3cccn3)cc2)cc(C(n2cccn2)n2cccn2)c1.c1cc(-c2ccc(C(n3cccn3)n3cccn3)cc2)cc(C(n2cccn2)n2cccn2)c1. The third kappa shape index (κ3) is 26.7. The number of halogens is 6. The number of aromatic nitrogens is 16. The summed E-state index contributed by atoms with van der Waals surface area (Å²) < 4.78 is 143. The molecule has 0 aliphatic carbocycles. The first kappa shape index (κ1) is 86.6.